The summed E-state index contributed by atoms with van der Waals surface area (Å²) in [5.41, 5.74) is 0.741. The molecule has 0 bridgehead atoms. The standard InChI is InChI=1S/C18H21ClN2O2/c19-14-7-9-15(10-8-14)20-18(22)21-17-6-2-1-4-13(17)12-16-5-3-11-23-16/h3,5,7-11,13,17H,1-2,4,6,12H2,(H2,20,21,22)/t13-,17+/m0/s1. The van der Waals surface area contributed by atoms with E-state index in [4.69, 9.17) is 16.0 Å². The van der Waals surface area contributed by atoms with Crippen LogP contribution in [0.3, 0.4) is 0 Å². The molecule has 0 spiro atoms. The quantitative estimate of drug-likeness (QED) is 0.840. The summed E-state index contributed by atoms with van der Waals surface area (Å²) >= 11 is 5.85. The number of furan rings is 1. The zero-order chi connectivity index (χ0) is 16.1. The van der Waals surface area contributed by atoms with Crippen LogP contribution in [0.5, 0.6) is 0 Å². The molecule has 1 saturated carbocycles. The van der Waals surface area contributed by atoms with Gasteiger partial charge in [0.15, 0.2) is 0 Å². The Hall–Kier alpha value is -1.94. The molecule has 1 fully saturated rings. The van der Waals surface area contributed by atoms with E-state index >= 15 is 0 Å². The molecule has 5 heteroatoms. The molecule has 1 aromatic heterocycles. The van der Waals surface area contributed by atoms with Crippen molar-refractivity contribution in [3.63, 3.8) is 0 Å². The molecule has 23 heavy (non-hydrogen) atoms. The van der Waals surface area contributed by atoms with Gasteiger partial charge >= 0.3 is 6.03 Å². The fourth-order valence-corrected chi connectivity index (χ4v) is 3.32. The Bertz CT molecular complexity index is 625. The van der Waals surface area contributed by atoms with E-state index in [0.29, 0.717) is 10.9 Å². The predicted octanol–water partition coefficient (Wildman–Crippen LogP) is 4.86. The van der Waals surface area contributed by atoms with Crippen molar-refractivity contribution in [3.8, 4) is 0 Å². The Labute approximate surface area is 141 Å². The molecule has 1 heterocycles. The molecule has 0 aliphatic heterocycles. The van der Waals surface area contributed by atoms with E-state index in [9.17, 15) is 4.79 Å². The van der Waals surface area contributed by atoms with Crippen LogP contribution in [0.1, 0.15) is 31.4 Å². The topological polar surface area (TPSA) is 54.3 Å². The summed E-state index contributed by atoms with van der Waals surface area (Å²) in [5, 5.41) is 6.64. The summed E-state index contributed by atoms with van der Waals surface area (Å²) < 4.78 is 5.46. The van der Waals surface area contributed by atoms with E-state index in [1.54, 1.807) is 30.5 Å². The van der Waals surface area contributed by atoms with Crippen LogP contribution in [-0.2, 0) is 6.42 Å². The van der Waals surface area contributed by atoms with Crippen molar-refractivity contribution in [1.29, 1.82) is 0 Å². The summed E-state index contributed by atoms with van der Waals surface area (Å²) in [6, 6.07) is 11.0. The van der Waals surface area contributed by atoms with Crippen LogP contribution in [0.25, 0.3) is 0 Å². The lowest BCUT2D eigenvalue weighted by Crippen LogP contribution is -2.44. The van der Waals surface area contributed by atoms with E-state index in [1.807, 2.05) is 12.1 Å². The smallest absolute Gasteiger partial charge is 0.319 e. The number of amides is 2. The highest BCUT2D eigenvalue weighted by molar-refractivity contribution is 6.30. The van der Waals surface area contributed by atoms with Gasteiger partial charge in [0, 0.05) is 23.2 Å². The van der Waals surface area contributed by atoms with Crippen LogP contribution in [0.2, 0.25) is 5.02 Å². The molecular formula is C18H21ClN2O2. The number of carbonyl (C=O) groups excluding carboxylic acids is 1. The number of hydrogen-bond donors (Lipinski definition) is 2. The van der Waals surface area contributed by atoms with Crippen LogP contribution in [0.15, 0.2) is 47.1 Å². The molecule has 3 rings (SSSR count). The number of rotatable bonds is 4. The maximum atomic E-state index is 12.2. The van der Waals surface area contributed by atoms with Gasteiger partial charge in [-0.25, -0.2) is 4.79 Å². The highest BCUT2D eigenvalue weighted by Crippen LogP contribution is 2.28. The molecule has 0 unspecified atom stereocenters. The van der Waals surface area contributed by atoms with Crippen LogP contribution in [0, 0.1) is 5.92 Å². The second kappa shape index (κ2) is 7.55. The minimum absolute atomic E-state index is 0.163. The Morgan fingerprint density at radius 2 is 1.96 bits per heavy atom. The van der Waals surface area contributed by atoms with Crippen molar-refractivity contribution in [3.05, 3.63) is 53.4 Å². The zero-order valence-electron chi connectivity index (χ0n) is 12.9. The van der Waals surface area contributed by atoms with E-state index in [-0.39, 0.29) is 12.1 Å². The second-order valence-electron chi connectivity index (χ2n) is 6.04. The third-order valence-electron chi connectivity index (χ3n) is 4.37. The lowest BCUT2D eigenvalue weighted by molar-refractivity contribution is 0.224. The molecule has 0 radical (unpaired) electrons. The van der Waals surface area contributed by atoms with Gasteiger partial charge in [-0.1, -0.05) is 24.4 Å². The second-order valence-corrected chi connectivity index (χ2v) is 6.48. The number of nitrogens with one attached hydrogen (secondary N) is 2. The van der Waals surface area contributed by atoms with E-state index < -0.39 is 0 Å². The number of hydrogen-bond acceptors (Lipinski definition) is 2. The van der Waals surface area contributed by atoms with Gasteiger partial charge in [0.05, 0.1) is 6.26 Å². The van der Waals surface area contributed by atoms with Gasteiger partial charge in [-0.15, -0.1) is 0 Å². The monoisotopic (exact) mass is 332 g/mol. The zero-order valence-corrected chi connectivity index (χ0v) is 13.7. The van der Waals surface area contributed by atoms with Crippen molar-refractivity contribution < 1.29 is 9.21 Å². The minimum Gasteiger partial charge on any atom is -0.469 e. The average Bonchev–Trinajstić information content (AvgIpc) is 3.05. The molecule has 122 valence electrons. The maximum Gasteiger partial charge on any atom is 0.319 e. The summed E-state index contributed by atoms with van der Waals surface area (Å²) in [5.74, 6) is 1.41. The predicted molar refractivity (Wildman–Crippen MR) is 91.8 cm³/mol. The number of carbonyl (C=O) groups is 1. The summed E-state index contributed by atoms with van der Waals surface area (Å²) in [6.45, 7) is 0. The molecule has 1 aliphatic carbocycles. The first kappa shape index (κ1) is 15.9. The van der Waals surface area contributed by atoms with Crippen LogP contribution >= 0.6 is 11.6 Å². The normalized spacial score (nSPS) is 20.9. The van der Waals surface area contributed by atoms with Crippen molar-refractivity contribution in [2.75, 3.05) is 5.32 Å². The van der Waals surface area contributed by atoms with Crippen LogP contribution in [0.4, 0.5) is 10.5 Å². The Morgan fingerprint density at radius 3 is 2.70 bits per heavy atom. The van der Waals surface area contributed by atoms with Gasteiger partial charge in [-0.2, -0.15) is 0 Å². The first-order valence-corrected chi connectivity index (χ1v) is 8.44. The van der Waals surface area contributed by atoms with Crippen molar-refractivity contribution in [1.82, 2.24) is 5.32 Å². The van der Waals surface area contributed by atoms with Gasteiger partial charge in [-0.05, 0) is 55.2 Å². The van der Waals surface area contributed by atoms with Gasteiger partial charge in [0.2, 0.25) is 0 Å². The van der Waals surface area contributed by atoms with E-state index in [0.717, 1.165) is 37.1 Å². The summed E-state index contributed by atoms with van der Waals surface area (Å²) in [7, 11) is 0. The highest BCUT2D eigenvalue weighted by Gasteiger charge is 2.27. The van der Waals surface area contributed by atoms with Crippen molar-refractivity contribution in [2.24, 2.45) is 5.92 Å². The lowest BCUT2D eigenvalue weighted by Gasteiger charge is -2.31. The number of halogens is 1. The molecule has 2 amide bonds. The molecule has 2 atom stereocenters. The first-order chi connectivity index (χ1) is 11.2. The fourth-order valence-electron chi connectivity index (χ4n) is 3.20. The van der Waals surface area contributed by atoms with Crippen molar-refractivity contribution >= 4 is 23.3 Å². The average molecular weight is 333 g/mol. The van der Waals surface area contributed by atoms with Crippen LogP contribution < -0.4 is 10.6 Å². The van der Waals surface area contributed by atoms with Gasteiger partial charge in [0.1, 0.15) is 5.76 Å². The number of benzene rings is 1. The van der Waals surface area contributed by atoms with E-state index in [1.165, 1.54) is 6.42 Å². The maximum absolute atomic E-state index is 12.2. The number of anilines is 1. The summed E-state index contributed by atoms with van der Waals surface area (Å²) in [6.07, 6.45) is 7.07. The molecular weight excluding hydrogens is 312 g/mol. The Kier molecular flexibility index (Phi) is 5.23. The third-order valence-corrected chi connectivity index (χ3v) is 4.62. The molecule has 2 aromatic rings. The van der Waals surface area contributed by atoms with Crippen LogP contribution in [-0.4, -0.2) is 12.1 Å². The van der Waals surface area contributed by atoms with Gasteiger partial charge in [-0.3, -0.25) is 0 Å². The Balaban J connectivity index is 1.57. The SMILES string of the molecule is O=C(Nc1ccc(Cl)cc1)N[C@@H]1CCCC[C@H]1Cc1ccco1. The van der Waals surface area contributed by atoms with Crippen molar-refractivity contribution in [2.45, 2.75) is 38.1 Å². The molecule has 1 aliphatic rings. The summed E-state index contributed by atoms with van der Waals surface area (Å²) in [4.78, 5) is 12.2. The molecule has 0 saturated heterocycles. The third kappa shape index (κ3) is 4.52. The molecule has 4 nitrogen and oxygen atoms in total. The van der Waals surface area contributed by atoms with Gasteiger partial charge < -0.3 is 15.1 Å². The first-order valence-electron chi connectivity index (χ1n) is 8.06. The molecule has 2 N–H and O–H groups in total. The minimum atomic E-state index is -0.163. The largest absolute Gasteiger partial charge is 0.469 e. The number of urea groups is 1. The Morgan fingerprint density at radius 1 is 1.17 bits per heavy atom. The van der Waals surface area contributed by atoms with Gasteiger partial charge in [0.25, 0.3) is 0 Å². The highest BCUT2D eigenvalue weighted by atomic mass is 35.5. The van der Waals surface area contributed by atoms with E-state index in [2.05, 4.69) is 10.6 Å². The fraction of sp³-hybridized carbons (Fsp3) is 0.389. The molecule has 1 aromatic carbocycles. The lowest BCUT2D eigenvalue weighted by atomic mass is 9.82.